The van der Waals surface area contributed by atoms with Crippen LogP contribution in [-0.4, -0.2) is 62.1 Å². The lowest BCUT2D eigenvalue weighted by Gasteiger charge is -2.33. The first-order valence-corrected chi connectivity index (χ1v) is 9.87. The van der Waals surface area contributed by atoms with E-state index < -0.39 is 11.6 Å². The number of nitrogens with zero attached hydrogens (tertiary/aromatic N) is 1. The van der Waals surface area contributed by atoms with Crippen molar-refractivity contribution in [2.24, 2.45) is 0 Å². The Morgan fingerprint density at radius 3 is 2.07 bits per heavy atom. The molecule has 3 rings (SSSR count). The number of likely N-dealkylation sites (tertiary alicyclic amines) is 1. The van der Waals surface area contributed by atoms with Crippen molar-refractivity contribution in [3.8, 4) is 0 Å². The van der Waals surface area contributed by atoms with E-state index in [9.17, 15) is 9.90 Å². The molecule has 0 amide bonds. The summed E-state index contributed by atoms with van der Waals surface area (Å²) in [6.45, 7) is 2.03. The Morgan fingerprint density at radius 1 is 1.07 bits per heavy atom. The van der Waals surface area contributed by atoms with Gasteiger partial charge in [-0.05, 0) is 17.5 Å². The molecule has 0 aliphatic carbocycles. The Hall–Kier alpha value is -1.73. The first-order chi connectivity index (χ1) is 13.5. The average Bonchev–Trinajstić information content (AvgIpc) is 3.05. The minimum absolute atomic E-state index is 0. The zero-order valence-electron chi connectivity index (χ0n) is 17.1. The fourth-order valence-electron chi connectivity index (χ4n) is 3.82. The number of ether oxygens (including phenoxy) is 2. The molecule has 1 unspecified atom stereocenters. The molecule has 1 saturated heterocycles. The van der Waals surface area contributed by atoms with Crippen LogP contribution < -0.4 is 17.0 Å². The van der Waals surface area contributed by atoms with Gasteiger partial charge in [0.25, 0.3) is 0 Å². The number of aliphatic hydroxyl groups is 1. The van der Waals surface area contributed by atoms with Gasteiger partial charge in [0.2, 0.25) is 5.60 Å². The summed E-state index contributed by atoms with van der Waals surface area (Å²) in [5, 5.41) is 9.23. The molecule has 1 fully saturated rings. The highest BCUT2D eigenvalue weighted by molar-refractivity contribution is 5.86. The molecule has 1 atom stereocenters. The van der Waals surface area contributed by atoms with E-state index in [1.165, 1.54) is 0 Å². The summed E-state index contributed by atoms with van der Waals surface area (Å²) < 4.78 is 13.1. The molecular formula is C23H30BrNO4. The molecule has 2 aromatic carbocycles. The van der Waals surface area contributed by atoms with E-state index in [4.69, 9.17) is 9.47 Å². The van der Waals surface area contributed by atoms with Crippen molar-refractivity contribution >= 4 is 5.97 Å². The van der Waals surface area contributed by atoms with E-state index >= 15 is 0 Å². The third kappa shape index (κ3) is 5.45. The van der Waals surface area contributed by atoms with Crippen LogP contribution in [0, 0.1) is 0 Å². The number of likely N-dealkylation sites (N-methyl/N-ethyl adjacent to an activating group) is 1. The van der Waals surface area contributed by atoms with Gasteiger partial charge in [-0.1, -0.05) is 60.7 Å². The number of halogens is 1. The number of benzene rings is 2. The lowest BCUT2D eigenvalue weighted by atomic mass is 9.86. The van der Waals surface area contributed by atoms with Crippen LogP contribution in [0.25, 0.3) is 0 Å². The molecule has 1 aliphatic rings. The van der Waals surface area contributed by atoms with Crippen LogP contribution in [0.4, 0.5) is 0 Å². The summed E-state index contributed by atoms with van der Waals surface area (Å²) in [5.74, 6) is -0.394. The quantitative estimate of drug-likeness (QED) is 0.332. The minimum Gasteiger partial charge on any atom is -1.00 e. The molecular weight excluding hydrogens is 434 g/mol. The zero-order valence-corrected chi connectivity index (χ0v) is 18.7. The lowest BCUT2D eigenvalue weighted by molar-refractivity contribution is -0.879. The average molecular weight is 464 g/mol. The molecule has 6 heteroatoms. The Kier molecular flexibility index (Phi) is 8.40. The van der Waals surface area contributed by atoms with Crippen molar-refractivity contribution in [1.82, 2.24) is 0 Å². The number of rotatable bonds is 8. The number of carbonyl (C=O) groups excluding carboxylic acids is 1. The monoisotopic (exact) mass is 463 g/mol. The van der Waals surface area contributed by atoms with E-state index in [2.05, 4.69) is 14.1 Å². The highest BCUT2D eigenvalue weighted by Gasteiger charge is 2.47. The summed E-state index contributed by atoms with van der Waals surface area (Å²) >= 11 is 0. The van der Waals surface area contributed by atoms with Gasteiger partial charge < -0.3 is 36.0 Å². The smallest absolute Gasteiger partial charge is 0.348 e. The first kappa shape index (κ1) is 23.5. The van der Waals surface area contributed by atoms with Crippen molar-refractivity contribution in [3.63, 3.8) is 0 Å². The second-order valence-electron chi connectivity index (χ2n) is 8.00. The molecule has 1 N–H and O–H groups in total. The Bertz CT molecular complexity index is 727. The van der Waals surface area contributed by atoms with Crippen LogP contribution in [0.5, 0.6) is 0 Å². The van der Waals surface area contributed by atoms with Gasteiger partial charge in [-0.3, -0.25) is 0 Å². The fraction of sp³-hybridized carbons (Fsp3) is 0.435. The van der Waals surface area contributed by atoms with Crippen LogP contribution in [0.2, 0.25) is 0 Å². The summed E-state index contributed by atoms with van der Waals surface area (Å²) in [6.07, 6.45) is 1.16. The molecule has 158 valence electrons. The maximum Gasteiger partial charge on any atom is 0.348 e. The number of esters is 1. The largest absolute Gasteiger partial charge is 1.00 e. The first-order valence-electron chi connectivity index (χ1n) is 9.87. The summed E-state index contributed by atoms with van der Waals surface area (Å²) in [5.41, 5.74) is 0.115. The van der Waals surface area contributed by atoms with Gasteiger partial charge in [-0.25, -0.2) is 4.79 Å². The number of carbonyl (C=O) groups is 1. The molecule has 0 radical (unpaired) electrons. The predicted molar refractivity (Wildman–Crippen MR) is 108 cm³/mol. The van der Waals surface area contributed by atoms with Gasteiger partial charge in [0, 0.05) is 13.0 Å². The van der Waals surface area contributed by atoms with Crippen molar-refractivity contribution in [2.75, 3.05) is 40.4 Å². The van der Waals surface area contributed by atoms with Crippen molar-refractivity contribution in [3.05, 3.63) is 71.8 Å². The van der Waals surface area contributed by atoms with Crippen molar-refractivity contribution < 1.29 is 40.8 Å². The van der Waals surface area contributed by atoms with Crippen LogP contribution in [0.15, 0.2) is 60.7 Å². The molecule has 0 bridgehead atoms. The minimum atomic E-state index is -1.35. The van der Waals surface area contributed by atoms with Gasteiger partial charge in [0.1, 0.15) is 6.54 Å². The summed E-state index contributed by atoms with van der Waals surface area (Å²) in [4.78, 5) is 13.6. The Labute approximate surface area is 183 Å². The van der Waals surface area contributed by atoms with E-state index in [0.717, 1.165) is 35.1 Å². The number of hydrogen-bond acceptors (Lipinski definition) is 4. The maximum absolute atomic E-state index is 13.6. The van der Waals surface area contributed by atoms with Gasteiger partial charge in [0.05, 0.1) is 27.2 Å². The molecule has 0 aromatic heterocycles. The number of quaternary nitrogens is 1. The third-order valence-corrected chi connectivity index (χ3v) is 5.30. The van der Waals surface area contributed by atoms with Crippen LogP contribution >= 0.6 is 0 Å². The van der Waals surface area contributed by atoms with Crippen LogP contribution in [0.3, 0.4) is 0 Å². The maximum atomic E-state index is 13.6. The standard InChI is InChI=1S/C23H30NO4.BrH/c1-24(2)15-14-21(18-24)28-22(26)23(27-17-9-16-25,19-10-5-3-6-11-19)20-12-7-4-8-13-20;/h3-8,10-13,21,25H,9,14-18H2,1-2H3;1H/q+1;/p-1. The number of hydrogen-bond donors (Lipinski definition) is 1. The highest BCUT2D eigenvalue weighted by atomic mass is 79.9. The molecule has 1 heterocycles. The van der Waals surface area contributed by atoms with E-state index in [1.54, 1.807) is 0 Å². The third-order valence-electron chi connectivity index (χ3n) is 5.30. The van der Waals surface area contributed by atoms with Crippen LogP contribution in [0.1, 0.15) is 24.0 Å². The van der Waals surface area contributed by atoms with E-state index in [-0.39, 0.29) is 36.3 Å². The van der Waals surface area contributed by atoms with Gasteiger partial charge in [-0.15, -0.1) is 0 Å². The topological polar surface area (TPSA) is 55.8 Å². The van der Waals surface area contributed by atoms with Crippen LogP contribution in [-0.2, 0) is 19.9 Å². The summed E-state index contributed by atoms with van der Waals surface area (Å²) in [6, 6.07) is 19.0. The lowest BCUT2D eigenvalue weighted by Crippen LogP contribution is -3.00. The fourth-order valence-corrected chi connectivity index (χ4v) is 3.82. The Balaban J connectivity index is 0.00000300. The van der Waals surface area contributed by atoms with Crippen molar-refractivity contribution in [2.45, 2.75) is 24.5 Å². The molecule has 0 saturated carbocycles. The summed E-state index contributed by atoms with van der Waals surface area (Å²) in [7, 11) is 4.29. The van der Waals surface area contributed by atoms with Gasteiger partial charge in [-0.2, -0.15) is 0 Å². The normalized spacial score (nSPS) is 18.1. The highest BCUT2D eigenvalue weighted by Crippen LogP contribution is 2.36. The molecule has 2 aromatic rings. The van der Waals surface area contributed by atoms with Crippen molar-refractivity contribution in [1.29, 1.82) is 0 Å². The second-order valence-corrected chi connectivity index (χ2v) is 8.00. The molecule has 1 aliphatic heterocycles. The molecule has 29 heavy (non-hydrogen) atoms. The number of aliphatic hydroxyl groups excluding tert-OH is 1. The van der Waals surface area contributed by atoms with Gasteiger partial charge in [0.15, 0.2) is 6.10 Å². The zero-order chi connectivity index (χ0) is 20.0. The van der Waals surface area contributed by atoms with Gasteiger partial charge >= 0.3 is 5.97 Å². The van der Waals surface area contributed by atoms with E-state index in [0.29, 0.717) is 6.42 Å². The SMILES string of the molecule is C[N+]1(C)CCC(OC(=O)C(OCCCO)(c2ccccc2)c2ccccc2)C1.[Br-]. The van der Waals surface area contributed by atoms with E-state index in [1.807, 2.05) is 60.7 Å². The molecule has 0 spiro atoms. The molecule has 5 nitrogen and oxygen atoms in total. The predicted octanol–water partition coefficient (Wildman–Crippen LogP) is -0.275. The Morgan fingerprint density at radius 2 is 1.62 bits per heavy atom. The second kappa shape index (κ2) is 10.3.